The number of nitrogens with two attached hydrogens (primary N) is 1. The van der Waals surface area contributed by atoms with E-state index < -0.39 is 0 Å². The van der Waals surface area contributed by atoms with E-state index in [4.69, 9.17) is 33.5 Å². The second kappa shape index (κ2) is 5.11. The standard InChI is InChI=1S/C13H8Cl2N4O/c14-8-2-1-5-17-11(8)12-18-13(20-19-12)7-3-4-10(16)9(15)6-7/h1-6H,16H2. The number of aromatic nitrogens is 3. The lowest BCUT2D eigenvalue weighted by atomic mass is 10.2. The Bertz CT molecular complexity index is 773. The summed E-state index contributed by atoms with van der Waals surface area (Å²) in [5.41, 5.74) is 7.29. The molecule has 3 aromatic rings. The minimum atomic E-state index is 0.318. The second-order valence-electron chi connectivity index (χ2n) is 3.99. The van der Waals surface area contributed by atoms with Gasteiger partial charge in [-0.25, -0.2) is 0 Å². The Hall–Kier alpha value is -2.11. The van der Waals surface area contributed by atoms with Gasteiger partial charge in [0.2, 0.25) is 5.82 Å². The molecule has 0 aliphatic heterocycles. The molecule has 0 saturated heterocycles. The predicted octanol–water partition coefficient (Wildman–Crippen LogP) is 3.69. The monoisotopic (exact) mass is 306 g/mol. The predicted molar refractivity (Wildman–Crippen MR) is 77.4 cm³/mol. The van der Waals surface area contributed by atoms with Crippen LogP contribution < -0.4 is 5.73 Å². The molecular weight excluding hydrogens is 299 g/mol. The van der Waals surface area contributed by atoms with Crippen LogP contribution >= 0.6 is 23.2 Å². The van der Waals surface area contributed by atoms with Crippen LogP contribution in [0.1, 0.15) is 0 Å². The van der Waals surface area contributed by atoms with E-state index in [9.17, 15) is 0 Å². The van der Waals surface area contributed by atoms with Crippen molar-refractivity contribution in [1.82, 2.24) is 15.1 Å². The van der Waals surface area contributed by atoms with Gasteiger partial charge < -0.3 is 10.3 Å². The number of halogens is 2. The molecule has 0 atom stereocenters. The zero-order valence-electron chi connectivity index (χ0n) is 10.0. The van der Waals surface area contributed by atoms with Gasteiger partial charge in [-0.15, -0.1) is 0 Å². The van der Waals surface area contributed by atoms with Gasteiger partial charge in [0.15, 0.2) is 0 Å². The minimum Gasteiger partial charge on any atom is -0.398 e. The van der Waals surface area contributed by atoms with Gasteiger partial charge in [0.05, 0.1) is 15.7 Å². The van der Waals surface area contributed by atoms with Crippen molar-refractivity contribution in [3.8, 4) is 23.0 Å². The van der Waals surface area contributed by atoms with E-state index in [1.807, 2.05) is 0 Å². The van der Waals surface area contributed by atoms with Crippen molar-refractivity contribution in [3.05, 3.63) is 46.6 Å². The first-order valence-corrected chi connectivity index (χ1v) is 6.41. The zero-order valence-corrected chi connectivity index (χ0v) is 11.6. The molecule has 7 heteroatoms. The summed E-state index contributed by atoms with van der Waals surface area (Å²) in [5.74, 6) is 0.641. The number of benzene rings is 1. The molecule has 0 amide bonds. The summed E-state index contributed by atoms with van der Waals surface area (Å²) in [7, 11) is 0. The third-order valence-electron chi connectivity index (χ3n) is 2.64. The maximum absolute atomic E-state index is 6.04. The van der Waals surface area contributed by atoms with Crippen molar-refractivity contribution in [1.29, 1.82) is 0 Å². The van der Waals surface area contributed by atoms with Crippen molar-refractivity contribution < 1.29 is 4.52 Å². The van der Waals surface area contributed by atoms with E-state index in [2.05, 4.69) is 15.1 Å². The Morgan fingerprint density at radius 2 is 1.95 bits per heavy atom. The van der Waals surface area contributed by atoms with Crippen molar-refractivity contribution in [2.75, 3.05) is 5.73 Å². The minimum absolute atomic E-state index is 0.318. The molecule has 5 nitrogen and oxygen atoms in total. The normalized spacial score (nSPS) is 10.7. The molecule has 0 aliphatic rings. The van der Waals surface area contributed by atoms with Crippen molar-refractivity contribution in [2.24, 2.45) is 0 Å². The van der Waals surface area contributed by atoms with Gasteiger partial charge in [-0.2, -0.15) is 4.98 Å². The molecule has 3 rings (SSSR count). The molecule has 0 fully saturated rings. The molecule has 0 aliphatic carbocycles. The maximum atomic E-state index is 6.04. The van der Waals surface area contributed by atoms with Crippen LogP contribution in [0.2, 0.25) is 10.0 Å². The van der Waals surface area contributed by atoms with E-state index in [1.165, 1.54) is 0 Å². The van der Waals surface area contributed by atoms with Gasteiger partial charge in [-0.05, 0) is 30.3 Å². The highest BCUT2D eigenvalue weighted by molar-refractivity contribution is 6.33. The number of hydrogen-bond donors (Lipinski definition) is 1. The fourth-order valence-corrected chi connectivity index (χ4v) is 2.03. The Morgan fingerprint density at radius 3 is 2.70 bits per heavy atom. The fraction of sp³-hybridized carbons (Fsp3) is 0. The lowest BCUT2D eigenvalue weighted by Gasteiger charge is -1.98. The molecule has 20 heavy (non-hydrogen) atoms. The molecule has 2 N–H and O–H groups in total. The summed E-state index contributed by atoms with van der Waals surface area (Å²) in [6.45, 7) is 0. The van der Waals surface area contributed by atoms with E-state index in [0.717, 1.165) is 0 Å². The zero-order chi connectivity index (χ0) is 14.1. The van der Waals surface area contributed by atoms with Crippen molar-refractivity contribution in [3.63, 3.8) is 0 Å². The Balaban J connectivity index is 2.02. The molecule has 0 unspecified atom stereocenters. The van der Waals surface area contributed by atoms with Crippen LogP contribution in [0.4, 0.5) is 5.69 Å². The second-order valence-corrected chi connectivity index (χ2v) is 4.81. The lowest BCUT2D eigenvalue weighted by molar-refractivity contribution is 0.432. The first-order chi connectivity index (χ1) is 9.65. The highest BCUT2D eigenvalue weighted by Crippen LogP contribution is 2.28. The maximum Gasteiger partial charge on any atom is 0.258 e. The van der Waals surface area contributed by atoms with Crippen molar-refractivity contribution >= 4 is 28.9 Å². The molecule has 0 bridgehead atoms. The quantitative estimate of drug-likeness (QED) is 0.731. The summed E-state index contributed by atoms with van der Waals surface area (Å²) in [6, 6.07) is 8.52. The molecule has 0 radical (unpaired) electrons. The topological polar surface area (TPSA) is 77.8 Å². The largest absolute Gasteiger partial charge is 0.398 e. The lowest BCUT2D eigenvalue weighted by Crippen LogP contribution is -1.88. The number of nitrogen functional groups attached to an aromatic ring is 1. The molecule has 0 saturated carbocycles. The van der Waals surface area contributed by atoms with E-state index in [-0.39, 0.29) is 0 Å². The summed E-state index contributed by atoms with van der Waals surface area (Å²) < 4.78 is 5.20. The molecule has 2 heterocycles. The average molecular weight is 307 g/mol. The van der Waals surface area contributed by atoms with Crippen LogP contribution in [-0.4, -0.2) is 15.1 Å². The van der Waals surface area contributed by atoms with Gasteiger partial charge in [0, 0.05) is 11.8 Å². The van der Waals surface area contributed by atoms with Gasteiger partial charge in [-0.3, -0.25) is 4.98 Å². The number of rotatable bonds is 2. The molecule has 1 aromatic carbocycles. The van der Waals surface area contributed by atoms with Crippen LogP contribution in [-0.2, 0) is 0 Å². The van der Waals surface area contributed by atoms with Crippen LogP contribution in [0.5, 0.6) is 0 Å². The summed E-state index contributed by atoms with van der Waals surface area (Å²) in [4.78, 5) is 8.38. The van der Waals surface area contributed by atoms with Gasteiger partial charge >= 0.3 is 0 Å². The first-order valence-electron chi connectivity index (χ1n) is 5.65. The smallest absolute Gasteiger partial charge is 0.258 e. The summed E-state index contributed by atoms with van der Waals surface area (Å²) in [6.07, 6.45) is 1.61. The van der Waals surface area contributed by atoms with Crippen molar-refractivity contribution in [2.45, 2.75) is 0 Å². The molecule has 2 aromatic heterocycles. The Labute approximate surface area is 124 Å². The fourth-order valence-electron chi connectivity index (χ4n) is 1.65. The van der Waals surface area contributed by atoms with Crippen LogP contribution in [0.25, 0.3) is 23.0 Å². The molecule has 100 valence electrons. The van der Waals surface area contributed by atoms with Gasteiger partial charge in [0.1, 0.15) is 5.69 Å². The van der Waals surface area contributed by atoms with Gasteiger partial charge in [0.25, 0.3) is 5.89 Å². The Kier molecular flexibility index (Phi) is 3.30. The third-order valence-corrected chi connectivity index (χ3v) is 3.28. The van der Waals surface area contributed by atoms with Gasteiger partial charge in [-0.1, -0.05) is 28.4 Å². The van der Waals surface area contributed by atoms with Crippen LogP contribution in [0.3, 0.4) is 0 Å². The molecule has 0 spiro atoms. The number of nitrogens with zero attached hydrogens (tertiary/aromatic N) is 3. The third kappa shape index (κ3) is 2.33. The van der Waals surface area contributed by atoms with E-state index in [1.54, 1.807) is 36.5 Å². The van der Waals surface area contributed by atoms with Crippen LogP contribution in [0, 0.1) is 0 Å². The summed E-state index contributed by atoms with van der Waals surface area (Å²) >= 11 is 12.0. The van der Waals surface area contributed by atoms with Crippen LogP contribution in [0.15, 0.2) is 41.1 Å². The van der Waals surface area contributed by atoms with E-state index >= 15 is 0 Å². The highest BCUT2D eigenvalue weighted by atomic mass is 35.5. The molecular formula is C13H8Cl2N4O. The summed E-state index contributed by atoms with van der Waals surface area (Å²) in [5, 5.41) is 4.75. The van der Waals surface area contributed by atoms with E-state index in [0.29, 0.717) is 38.7 Å². The SMILES string of the molecule is Nc1ccc(-c2nc(-c3ncccc3Cl)no2)cc1Cl. The number of anilines is 1. The number of hydrogen-bond acceptors (Lipinski definition) is 5. The number of pyridine rings is 1. The highest BCUT2D eigenvalue weighted by Gasteiger charge is 2.14. The average Bonchev–Trinajstić information content (AvgIpc) is 2.92. The Morgan fingerprint density at radius 1 is 1.10 bits per heavy atom. The first kappa shape index (κ1) is 12.9.